The number of fused-ring (bicyclic) bond motifs is 1. The molecule has 23 nitrogen and oxygen atoms in total. The second-order valence-electron chi connectivity index (χ2n) is 13.6. The lowest BCUT2D eigenvalue weighted by Crippen LogP contribution is -2.50. The zero-order valence-electron chi connectivity index (χ0n) is 31.3. The molecule has 0 aliphatic carbocycles. The van der Waals surface area contributed by atoms with Crippen LogP contribution in [0.15, 0.2) is 42.4 Å². The number of hydrogen-bond donors (Lipinski definition) is 6. The molecule has 0 saturated carbocycles. The summed E-state index contributed by atoms with van der Waals surface area (Å²) in [7, 11) is -10.1. The van der Waals surface area contributed by atoms with Gasteiger partial charge < -0.3 is 54.9 Å². The highest BCUT2D eigenvalue weighted by Crippen LogP contribution is 2.58. The quantitative estimate of drug-likeness (QED) is 0.0229. The Hall–Kier alpha value is -3.42. The van der Waals surface area contributed by atoms with Crippen LogP contribution in [0.5, 0.6) is 0 Å². The maximum Gasteiger partial charge on any atom is 0.469 e. The van der Waals surface area contributed by atoms with Gasteiger partial charge in [-0.1, -0.05) is 54.9 Å². The fourth-order valence-electron chi connectivity index (χ4n) is 6.60. The molecule has 5 rings (SSSR count). The number of ether oxygens (including phenoxy) is 3. The fourth-order valence-corrected chi connectivity index (χ4v) is 10.8. The number of allylic oxidation sites excluding steroid dienone is 1. The third kappa shape index (κ3) is 10.7. The number of rotatable bonds is 20. The largest absolute Gasteiger partial charge is 0.469 e. The molecule has 8 atom stereocenters. The lowest BCUT2D eigenvalue weighted by molar-refractivity contribution is -0.176. The summed E-state index contributed by atoms with van der Waals surface area (Å²) in [6.07, 6.45) is 2.93. The van der Waals surface area contributed by atoms with Crippen LogP contribution in [0.3, 0.4) is 0 Å². The molecule has 2 aliphatic rings. The van der Waals surface area contributed by atoms with Crippen LogP contribution in [0.25, 0.3) is 11.2 Å². The number of halogens is 1. The SMILES string of the molecule is C=CCCC(=O)N(CCCCCC)CC(=O)O[C@@H]1C(COP(=O)(O)[C@@H]2C(COP(=O)(O)O)OC(n3ccc(N)nc3=O)C2I)OC[C@]1(O)n1cnc2c(N)ncnc21. The van der Waals surface area contributed by atoms with E-state index in [9.17, 15) is 43.3 Å². The van der Waals surface area contributed by atoms with Gasteiger partial charge in [-0.15, -0.1) is 6.58 Å². The molecule has 2 aliphatic heterocycles. The minimum atomic E-state index is -5.11. The van der Waals surface area contributed by atoms with Gasteiger partial charge in [0.25, 0.3) is 0 Å². The number of aliphatic hydroxyl groups is 1. The van der Waals surface area contributed by atoms with E-state index in [2.05, 4.69) is 31.0 Å². The number of esters is 1. The Bertz CT molecular complexity index is 2100. The molecule has 5 heterocycles. The molecule has 0 radical (unpaired) electrons. The van der Waals surface area contributed by atoms with Crippen molar-refractivity contribution in [1.29, 1.82) is 0 Å². The van der Waals surface area contributed by atoms with Gasteiger partial charge in [0.1, 0.15) is 36.0 Å². The fraction of sp³-hybridized carbons (Fsp3) is 0.594. The van der Waals surface area contributed by atoms with Gasteiger partial charge in [0.15, 0.2) is 23.8 Å². The molecule has 3 aromatic heterocycles. The maximum atomic E-state index is 14.2. The van der Waals surface area contributed by atoms with Gasteiger partial charge in [-0.05, 0) is 18.9 Å². The third-order valence-corrected chi connectivity index (χ3v) is 13.9. The van der Waals surface area contributed by atoms with Gasteiger partial charge in [-0.3, -0.25) is 27.8 Å². The van der Waals surface area contributed by atoms with Crippen LogP contribution in [0.1, 0.15) is 51.7 Å². The summed E-state index contributed by atoms with van der Waals surface area (Å²) in [6.45, 7) is 3.15. The van der Waals surface area contributed by atoms with Crippen LogP contribution < -0.4 is 17.2 Å². The van der Waals surface area contributed by atoms with Crippen LogP contribution in [0.4, 0.5) is 11.6 Å². The van der Waals surface area contributed by atoms with E-state index >= 15 is 0 Å². The van der Waals surface area contributed by atoms with E-state index in [0.29, 0.717) is 12.8 Å². The van der Waals surface area contributed by atoms with E-state index in [1.54, 1.807) is 28.7 Å². The lowest BCUT2D eigenvalue weighted by atomic mass is 10.1. The number of amides is 1. The normalized spacial score (nSPS) is 25.8. The Labute approximate surface area is 345 Å². The number of phosphoric ester groups is 1. The van der Waals surface area contributed by atoms with Crippen LogP contribution >= 0.6 is 38.0 Å². The predicted molar refractivity (Wildman–Crippen MR) is 212 cm³/mol. The van der Waals surface area contributed by atoms with Crippen molar-refractivity contribution in [1.82, 2.24) is 34.0 Å². The van der Waals surface area contributed by atoms with Crippen LogP contribution in [0.2, 0.25) is 0 Å². The van der Waals surface area contributed by atoms with Gasteiger partial charge >= 0.3 is 27.1 Å². The number of nitrogens with two attached hydrogens (primary N) is 2. The van der Waals surface area contributed by atoms with E-state index in [1.165, 1.54) is 23.5 Å². The van der Waals surface area contributed by atoms with E-state index < -0.39 is 93.3 Å². The number of aromatic nitrogens is 6. The molecule has 3 aromatic rings. The molecular formula is C32H46IN9O14P2. The average Bonchev–Trinajstić information content (AvgIpc) is 3.84. The molecule has 5 unspecified atom stereocenters. The minimum absolute atomic E-state index is 0.0163. The number of nitrogen functional groups attached to an aromatic ring is 2. The van der Waals surface area contributed by atoms with Crippen molar-refractivity contribution < 1.29 is 61.8 Å². The number of unbranched alkanes of at least 4 members (excludes halogenated alkanes) is 3. The Kier molecular flexibility index (Phi) is 15.2. The van der Waals surface area contributed by atoms with Crippen molar-refractivity contribution in [3.05, 3.63) is 48.1 Å². The average molecular weight is 970 g/mol. The summed E-state index contributed by atoms with van der Waals surface area (Å²) in [5.74, 6) is -1.38. The van der Waals surface area contributed by atoms with Crippen molar-refractivity contribution in [3.63, 3.8) is 0 Å². The Balaban J connectivity index is 1.43. The molecule has 26 heteroatoms. The first-order valence-corrected chi connectivity index (χ1v) is 22.5. The highest BCUT2D eigenvalue weighted by Gasteiger charge is 2.57. The summed E-state index contributed by atoms with van der Waals surface area (Å²) in [5, 5.41) is 12.2. The van der Waals surface area contributed by atoms with Crippen LogP contribution in [0, 0.1) is 0 Å². The van der Waals surface area contributed by atoms with E-state index in [1.807, 2.05) is 6.92 Å². The molecule has 2 fully saturated rings. The summed E-state index contributed by atoms with van der Waals surface area (Å²) < 4.78 is 54.7. The van der Waals surface area contributed by atoms with Crippen molar-refractivity contribution in [3.8, 4) is 0 Å². The molecule has 58 heavy (non-hydrogen) atoms. The first kappa shape index (κ1) is 45.7. The number of anilines is 2. The molecule has 0 bridgehead atoms. The topological polar surface area (TPSA) is 329 Å². The van der Waals surface area contributed by atoms with Gasteiger partial charge in [0.05, 0.1) is 36.2 Å². The van der Waals surface area contributed by atoms with E-state index in [0.717, 1.165) is 34.7 Å². The molecule has 8 N–H and O–H groups in total. The van der Waals surface area contributed by atoms with E-state index in [-0.39, 0.29) is 41.7 Å². The predicted octanol–water partition coefficient (Wildman–Crippen LogP) is 0.959. The number of hydrogen-bond acceptors (Lipinski definition) is 17. The summed E-state index contributed by atoms with van der Waals surface area (Å²) in [4.78, 5) is 87.1. The molecule has 2 saturated heterocycles. The van der Waals surface area contributed by atoms with Gasteiger partial charge in [-0.2, -0.15) is 4.98 Å². The van der Waals surface area contributed by atoms with Gasteiger partial charge in [0, 0.05) is 19.2 Å². The Morgan fingerprint density at radius 2 is 1.88 bits per heavy atom. The van der Waals surface area contributed by atoms with Crippen LogP contribution in [-0.2, 0) is 47.7 Å². The van der Waals surface area contributed by atoms with Crippen molar-refractivity contribution >= 4 is 72.7 Å². The molecule has 320 valence electrons. The van der Waals surface area contributed by atoms with Crippen molar-refractivity contribution in [2.45, 2.75) is 85.3 Å². The number of alkyl halides is 1. The number of phosphoric acid groups is 1. The monoisotopic (exact) mass is 969 g/mol. The highest BCUT2D eigenvalue weighted by atomic mass is 127. The van der Waals surface area contributed by atoms with Crippen LogP contribution in [-0.4, -0.2) is 126 Å². The molecular weight excluding hydrogens is 923 g/mol. The first-order valence-electron chi connectivity index (χ1n) is 18.1. The molecule has 0 aromatic carbocycles. The van der Waals surface area contributed by atoms with Crippen molar-refractivity contribution in [2.24, 2.45) is 0 Å². The highest BCUT2D eigenvalue weighted by molar-refractivity contribution is 14.1. The smallest absolute Gasteiger partial charge is 0.453 e. The van der Waals surface area contributed by atoms with Gasteiger partial charge in [-0.25, -0.2) is 24.3 Å². The van der Waals surface area contributed by atoms with E-state index in [4.69, 9.17) is 30.2 Å². The first-order chi connectivity index (χ1) is 27.4. The molecule has 0 spiro atoms. The van der Waals surface area contributed by atoms with Crippen molar-refractivity contribution in [2.75, 3.05) is 44.4 Å². The summed E-state index contributed by atoms with van der Waals surface area (Å²) in [6, 6.07) is 1.28. The molecule has 1 amide bonds. The zero-order valence-corrected chi connectivity index (χ0v) is 35.2. The third-order valence-electron chi connectivity index (χ3n) is 9.48. The summed E-state index contributed by atoms with van der Waals surface area (Å²) >= 11 is 1.74. The summed E-state index contributed by atoms with van der Waals surface area (Å²) in [5.41, 5.74) is 7.00. The Morgan fingerprint density at radius 3 is 2.57 bits per heavy atom. The lowest BCUT2D eigenvalue weighted by Gasteiger charge is -2.32. The second-order valence-corrected chi connectivity index (χ2v) is 18.2. The zero-order chi connectivity index (χ0) is 42.4. The number of nitrogens with zero attached hydrogens (tertiary/aromatic N) is 7. The number of imidazole rings is 1. The second kappa shape index (κ2) is 19.3. The number of carbonyl (C=O) groups excluding carboxylic acids is 2. The number of carbonyl (C=O) groups is 2. The van der Waals surface area contributed by atoms with Gasteiger partial charge in [0.2, 0.25) is 11.6 Å². The maximum absolute atomic E-state index is 14.2. The Morgan fingerprint density at radius 1 is 1.14 bits per heavy atom. The standard InChI is InChI=1S/C32H46IN9O14P2/c1-3-5-7-8-11-40(22(43)9-6-4-2)13-23(44)56-27-20(52-16-32(27,46)42-18-38-25-28(35)36-17-37-29(25)42)15-53-57(47,48)26-19(14-54-58(49,50)51)55-30(24(26)33)41-12-10-21(34)39-31(41)45/h4,10,12,17-20,24,26-27,30,46H,2-3,5-9,11,13-16H2,1H3,(H,47,48)(H2,34,39,45)(H2,35,36,37)(H2,49,50,51)/t19?,20?,24?,26-,27-,30?,32-/m1/s1. The minimum Gasteiger partial charge on any atom is -0.453 e.